The maximum absolute atomic E-state index is 12.1. The molecule has 1 aliphatic carbocycles. The van der Waals surface area contributed by atoms with Crippen molar-refractivity contribution in [3.8, 4) is 11.1 Å². The zero-order chi connectivity index (χ0) is 18.5. The van der Waals surface area contributed by atoms with Gasteiger partial charge in [0.15, 0.2) is 5.78 Å². The molecular formula is C21H19ClN2O2. The van der Waals surface area contributed by atoms with E-state index >= 15 is 0 Å². The number of urea groups is 1. The van der Waals surface area contributed by atoms with E-state index in [1.165, 1.54) is 0 Å². The Hall–Kier alpha value is -2.85. The van der Waals surface area contributed by atoms with Gasteiger partial charge in [-0.3, -0.25) is 4.79 Å². The molecule has 0 heterocycles. The van der Waals surface area contributed by atoms with Crippen molar-refractivity contribution in [2.75, 3.05) is 5.32 Å². The lowest BCUT2D eigenvalue weighted by Crippen LogP contribution is -2.37. The fourth-order valence-corrected chi connectivity index (χ4v) is 2.84. The number of anilines is 1. The Bertz CT molecular complexity index is 868. The molecule has 0 aliphatic heterocycles. The summed E-state index contributed by atoms with van der Waals surface area (Å²) in [5, 5.41) is 6.39. The lowest BCUT2D eigenvalue weighted by atomic mass is 10.0. The second kappa shape index (κ2) is 8.02. The standard InChI is InChI=1S/C21H19ClN2O2/c1-14(25)15-2-4-16(5-3-15)17-6-10-19(11-7-17)23-21(26)24-20-12-8-18(22)9-13-20/h2-12,20H,13H2,1H3,(H2,23,24,26). The van der Waals surface area contributed by atoms with Crippen molar-refractivity contribution in [1.82, 2.24) is 5.32 Å². The van der Waals surface area contributed by atoms with Gasteiger partial charge in [0.05, 0.1) is 6.04 Å². The van der Waals surface area contributed by atoms with Gasteiger partial charge in [0.2, 0.25) is 0 Å². The zero-order valence-electron chi connectivity index (χ0n) is 14.3. The lowest BCUT2D eigenvalue weighted by molar-refractivity contribution is 0.101. The highest BCUT2D eigenvalue weighted by Gasteiger charge is 2.11. The maximum atomic E-state index is 12.1. The second-order valence-corrected chi connectivity index (χ2v) is 6.54. The van der Waals surface area contributed by atoms with E-state index in [2.05, 4.69) is 10.6 Å². The highest BCUT2D eigenvalue weighted by atomic mass is 35.5. The third-order valence-corrected chi connectivity index (χ3v) is 4.42. The number of carbonyl (C=O) groups is 2. The lowest BCUT2D eigenvalue weighted by Gasteiger charge is -2.16. The zero-order valence-corrected chi connectivity index (χ0v) is 15.1. The van der Waals surface area contributed by atoms with Crippen molar-refractivity contribution in [1.29, 1.82) is 0 Å². The van der Waals surface area contributed by atoms with E-state index in [0.29, 0.717) is 22.7 Å². The number of rotatable bonds is 4. The minimum atomic E-state index is -0.260. The van der Waals surface area contributed by atoms with Gasteiger partial charge in [0.1, 0.15) is 0 Å². The van der Waals surface area contributed by atoms with Crippen molar-refractivity contribution >= 4 is 29.1 Å². The topological polar surface area (TPSA) is 58.2 Å². The first-order chi connectivity index (χ1) is 12.5. The molecule has 1 unspecified atom stereocenters. The van der Waals surface area contributed by atoms with Gasteiger partial charge >= 0.3 is 6.03 Å². The molecule has 3 rings (SSSR count). The first kappa shape index (κ1) is 18.0. The highest BCUT2D eigenvalue weighted by molar-refractivity contribution is 6.31. The second-order valence-electron chi connectivity index (χ2n) is 6.10. The number of halogens is 1. The van der Waals surface area contributed by atoms with E-state index < -0.39 is 0 Å². The summed E-state index contributed by atoms with van der Waals surface area (Å²) in [6, 6.07) is 14.7. The maximum Gasteiger partial charge on any atom is 0.319 e. The van der Waals surface area contributed by atoms with Gasteiger partial charge < -0.3 is 10.6 Å². The third-order valence-electron chi connectivity index (χ3n) is 4.14. The normalized spacial score (nSPS) is 15.9. The van der Waals surface area contributed by atoms with E-state index in [-0.39, 0.29) is 17.9 Å². The molecule has 0 spiro atoms. The van der Waals surface area contributed by atoms with Crippen molar-refractivity contribution in [3.63, 3.8) is 0 Å². The van der Waals surface area contributed by atoms with E-state index in [1.54, 1.807) is 13.0 Å². The van der Waals surface area contributed by atoms with E-state index in [9.17, 15) is 9.59 Å². The summed E-state index contributed by atoms with van der Waals surface area (Å²) >= 11 is 5.87. The SMILES string of the molecule is CC(=O)c1ccc(-c2ccc(NC(=O)NC3C=CC(Cl)=CC3)cc2)cc1. The first-order valence-electron chi connectivity index (χ1n) is 8.34. The van der Waals surface area contributed by atoms with Crippen LogP contribution in [0.15, 0.2) is 71.8 Å². The monoisotopic (exact) mass is 366 g/mol. The number of benzene rings is 2. The molecule has 1 atom stereocenters. The molecule has 5 heteroatoms. The molecule has 4 nitrogen and oxygen atoms in total. The Morgan fingerprint density at radius 1 is 1.00 bits per heavy atom. The summed E-state index contributed by atoms with van der Waals surface area (Å²) in [5.41, 5.74) is 3.43. The summed E-state index contributed by atoms with van der Waals surface area (Å²) < 4.78 is 0. The van der Waals surface area contributed by atoms with Crippen LogP contribution in [0.5, 0.6) is 0 Å². The molecule has 0 radical (unpaired) electrons. The number of hydrogen-bond donors (Lipinski definition) is 2. The van der Waals surface area contributed by atoms with Crippen molar-refractivity contribution in [2.24, 2.45) is 0 Å². The van der Waals surface area contributed by atoms with Crippen LogP contribution in [0.1, 0.15) is 23.7 Å². The molecule has 132 valence electrons. The Labute approximate surface area is 157 Å². The minimum absolute atomic E-state index is 0.0488. The summed E-state index contributed by atoms with van der Waals surface area (Å²) in [6.07, 6.45) is 6.20. The van der Waals surface area contributed by atoms with Gasteiger partial charge in [-0.1, -0.05) is 60.2 Å². The van der Waals surface area contributed by atoms with Crippen LogP contribution in [-0.2, 0) is 0 Å². The smallest absolute Gasteiger partial charge is 0.319 e. The average molecular weight is 367 g/mol. The molecule has 2 N–H and O–H groups in total. The van der Waals surface area contributed by atoms with Gasteiger partial charge in [-0.15, -0.1) is 0 Å². The number of carbonyl (C=O) groups excluding carboxylic acids is 2. The number of amides is 2. The van der Waals surface area contributed by atoms with Crippen molar-refractivity contribution < 1.29 is 9.59 Å². The summed E-state index contributed by atoms with van der Waals surface area (Å²) in [7, 11) is 0. The largest absolute Gasteiger partial charge is 0.331 e. The molecule has 0 bridgehead atoms. The number of hydrogen-bond acceptors (Lipinski definition) is 2. The number of Topliss-reactive ketones (excluding diaryl/α,β-unsaturated/α-hetero) is 1. The number of nitrogens with one attached hydrogen (secondary N) is 2. The van der Waals surface area contributed by atoms with Gasteiger partial charge in [0, 0.05) is 16.3 Å². The number of allylic oxidation sites excluding steroid dienone is 2. The molecule has 1 aliphatic rings. The molecule has 0 fully saturated rings. The van der Waals surface area contributed by atoms with Crippen LogP contribution in [0.2, 0.25) is 0 Å². The summed E-state index contributed by atoms with van der Waals surface area (Å²) in [6.45, 7) is 1.55. The predicted octanol–water partition coefficient (Wildman–Crippen LogP) is 5.13. The van der Waals surface area contributed by atoms with Gasteiger partial charge in [-0.2, -0.15) is 0 Å². The summed E-state index contributed by atoms with van der Waals surface area (Å²) in [5.74, 6) is 0.0488. The van der Waals surface area contributed by atoms with Gasteiger partial charge in [0.25, 0.3) is 0 Å². The predicted molar refractivity (Wildman–Crippen MR) is 106 cm³/mol. The molecule has 0 saturated heterocycles. The molecule has 2 aromatic carbocycles. The van der Waals surface area contributed by atoms with Crippen LogP contribution in [0.4, 0.5) is 10.5 Å². The van der Waals surface area contributed by atoms with Crippen molar-refractivity contribution in [2.45, 2.75) is 19.4 Å². The van der Waals surface area contributed by atoms with Gasteiger partial charge in [-0.05, 0) is 42.7 Å². The van der Waals surface area contributed by atoms with Crippen LogP contribution < -0.4 is 10.6 Å². The quantitative estimate of drug-likeness (QED) is 0.737. The first-order valence-corrected chi connectivity index (χ1v) is 8.72. The number of ketones is 1. The molecular weight excluding hydrogens is 348 g/mol. The molecule has 0 saturated carbocycles. The molecule has 0 aromatic heterocycles. The molecule has 2 amide bonds. The van der Waals surface area contributed by atoms with E-state index in [1.807, 2.05) is 60.7 Å². The van der Waals surface area contributed by atoms with Crippen LogP contribution in [0.3, 0.4) is 0 Å². The van der Waals surface area contributed by atoms with Gasteiger partial charge in [-0.25, -0.2) is 4.79 Å². The molecule has 2 aromatic rings. The Morgan fingerprint density at radius 2 is 1.62 bits per heavy atom. The Balaban J connectivity index is 1.59. The highest BCUT2D eigenvalue weighted by Crippen LogP contribution is 2.22. The van der Waals surface area contributed by atoms with Crippen LogP contribution >= 0.6 is 11.6 Å². The average Bonchev–Trinajstić information content (AvgIpc) is 2.64. The van der Waals surface area contributed by atoms with Crippen LogP contribution in [0.25, 0.3) is 11.1 Å². The fraction of sp³-hybridized carbons (Fsp3) is 0.143. The van der Waals surface area contributed by atoms with Crippen LogP contribution in [0, 0.1) is 0 Å². The molecule has 26 heavy (non-hydrogen) atoms. The summed E-state index contributed by atoms with van der Waals surface area (Å²) in [4.78, 5) is 23.4. The van der Waals surface area contributed by atoms with Crippen molar-refractivity contribution in [3.05, 3.63) is 77.4 Å². The van der Waals surface area contributed by atoms with Crippen LogP contribution in [-0.4, -0.2) is 17.9 Å². The van der Waals surface area contributed by atoms with E-state index in [4.69, 9.17) is 11.6 Å². The van der Waals surface area contributed by atoms with E-state index in [0.717, 1.165) is 11.1 Å². The Morgan fingerprint density at radius 3 is 2.15 bits per heavy atom. The minimum Gasteiger partial charge on any atom is -0.331 e. The fourth-order valence-electron chi connectivity index (χ4n) is 2.68. The Kier molecular flexibility index (Phi) is 5.54. The third kappa shape index (κ3) is 4.61.